The molecule has 0 aliphatic rings. The molecule has 0 saturated carbocycles. The number of aromatic nitrogens is 10. The van der Waals surface area contributed by atoms with Crippen molar-refractivity contribution in [3.05, 3.63) is 54.3 Å². The number of rotatable bonds is 7. The smallest absolute Gasteiger partial charge is 0.375 e. The molecule has 0 aromatic carbocycles. The van der Waals surface area contributed by atoms with Crippen molar-refractivity contribution < 1.29 is 17.9 Å². The van der Waals surface area contributed by atoms with Crippen LogP contribution in [0.3, 0.4) is 0 Å². The molecule has 5 heterocycles. The molecule has 5 aromatic rings. The fourth-order valence-electron chi connectivity index (χ4n) is 3.28. The molecular weight excluding hydrogens is 441 g/mol. The van der Waals surface area contributed by atoms with Gasteiger partial charge in [0.1, 0.15) is 11.4 Å². The van der Waals surface area contributed by atoms with E-state index >= 15 is 0 Å². The molecule has 0 spiro atoms. The van der Waals surface area contributed by atoms with Crippen molar-refractivity contribution in [1.82, 2.24) is 49.3 Å². The summed E-state index contributed by atoms with van der Waals surface area (Å²) in [5, 5.41) is 9.92. The molecule has 0 bridgehead atoms. The molecule has 0 aliphatic heterocycles. The first-order valence-electron chi connectivity index (χ1n) is 9.82. The topological polar surface area (TPSA) is 127 Å². The van der Waals surface area contributed by atoms with Crippen LogP contribution in [0.2, 0.25) is 0 Å². The zero-order valence-electron chi connectivity index (χ0n) is 17.2. The van der Waals surface area contributed by atoms with E-state index in [2.05, 4.69) is 35.1 Å². The second kappa shape index (κ2) is 8.12. The number of imidazole rings is 2. The minimum atomic E-state index is -4.66. The van der Waals surface area contributed by atoms with Gasteiger partial charge in [-0.1, -0.05) is 0 Å². The standard InChI is InChI=1S/C19H17F3N10O/c1-11-2-3-31(30-11)4-5-33-9-12-6-24-18-26-14(16-27-17(29-28-16)19(20,21)22)15(32(18)8-12)13-7-23-10-25-13/h2-3,6-8,10H,4-5,9H2,1H3,(H,23,25)(H,27,28,29). The lowest BCUT2D eigenvalue weighted by atomic mass is 10.2. The number of H-pyrrole nitrogens is 2. The zero-order valence-corrected chi connectivity index (χ0v) is 17.2. The van der Waals surface area contributed by atoms with Gasteiger partial charge in [0.05, 0.1) is 43.7 Å². The predicted molar refractivity (Wildman–Crippen MR) is 108 cm³/mol. The van der Waals surface area contributed by atoms with Crippen LogP contribution in [0.15, 0.2) is 37.2 Å². The Morgan fingerprint density at radius 2 is 2.06 bits per heavy atom. The monoisotopic (exact) mass is 458 g/mol. The highest BCUT2D eigenvalue weighted by atomic mass is 19.4. The third kappa shape index (κ3) is 4.19. The number of halogens is 3. The van der Waals surface area contributed by atoms with Crippen molar-refractivity contribution in [3.8, 4) is 22.9 Å². The normalized spacial score (nSPS) is 12.1. The number of hydrogen-bond donors (Lipinski definition) is 2. The first-order chi connectivity index (χ1) is 15.9. The van der Waals surface area contributed by atoms with Crippen molar-refractivity contribution in [2.75, 3.05) is 6.61 Å². The quantitative estimate of drug-likeness (QED) is 0.359. The Kier molecular flexibility index (Phi) is 5.12. The fourth-order valence-corrected chi connectivity index (χ4v) is 3.28. The van der Waals surface area contributed by atoms with E-state index in [-0.39, 0.29) is 23.9 Å². The lowest BCUT2D eigenvalue weighted by Gasteiger charge is -2.06. The Hall–Kier alpha value is -4.07. The van der Waals surface area contributed by atoms with Crippen LogP contribution in [0, 0.1) is 6.92 Å². The highest BCUT2D eigenvalue weighted by molar-refractivity contribution is 5.76. The fraction of sp³-hybridized carbons (Fsp3) is 0.263. The molecule has 0 atom stereocenters. The minimum absolute atomic E-state index is 0.130. The number of nitrogens with one attached hydrogen (secondary N) is 2. The van der Waals surface area contributed by atoms with E-state index in [9.17, 15) is 13.2 Å². The maximum atomic E-state index is 13.0. The summed E-state index contributed by atoms with van der Waals surface area (Å²) in [7, 11) is 0. The van der Waals surface area contributed by atoms with Crippen LogP contribution < -0.4 is 0 Å². The highest BCUT2D eigenvalue weighted by Crippen LogP contribution is 2.32. The molecule has 2 N–H and O–H groups in total. The summed E-state index contributed by atoms with van der Waals surface area (Å²) in [5.74, 6) is -1.15. The van der Waals surface area contributed by atoms with Gasteiger partial charge in [0.25, 0.3) is 0 Å². The second-order valence-electron chi connectivity index (χ2n) is 7.18. The van der Waals surface area contributed by atoms with Crippen molar-refractivity contribution in [1.29, 1.82) is 0 Å². The summed E-state index contributed by atoms with van der Waals surface area (Å²) in [4.78, 5) is 19.2. The van der Waals surface area contributed by atoms with Gasteiger partial charge in [-0.2, -0.15) is 23.4 Å². The Labute approximate surface area is 183 Å². The van der Waals surface area contributed by atoms with Crippen LogP contribution in [0.25, 0.3) is 28.7 Å². The molecule has 0 saturated heterocycles. The van der Waals surface area contributed by atoms with E-state index in [0.717, 1.165) is 11.3 Å². The predicted octanol–water partition coefficient (Wildman–Crippen LogP) is 2.65. The third-order valence-electron chi connectivity index (χ3n) is 4.76. The summed E-state index contributed by atoms with van der Waals surface area (Å²) in [6.45, 7) is 3.24. The molecule has 170 valence electrons. The molecule has 14 heteroatoms. The van der Waals surface area contributed by atoms with Crippen molar-refractivity contribution >= 4 is 5.78 Å². The summed E-state index contributed by atoms with van der Waals surface area (Å²) in [5.41, 5.74) is 2.75. The van der Waals surface area contributed by atoms with Gasteiger partial charge in [0, 0.05) is 24.2 Å². The number of fused-ring (bicyclic) bond motifs is 1. The molecule has 0 radical (unpaired) electrons. The van der Waals surface area contributed by atoms with Gasteiger partial charge in [-0.3, -0.25) is 14.2 Å². The molecule has 0 fully saturated rings. The molecule has 0 amide bonds. The summed E-state index contributed by atoms with van der Waals surface area (Å²) in [6.07, 6.45) is 3.55. The highest BCUT2D eigenvalue weighted by Gasteiger charge is 2.36. The average Bonchev–Trinajstić information content (AvgIpc) is 3.56. The first kappa shape index (κ1) is 20.8. The number of nitrogens with zero attached hydrogens (tertiary/aromatic N) is 8. The van der Waals surface area contributed by atoms with E-state index in [1.54, 1.807) is 21.5 Å². The van der Waals surface area contributed by atoms with Crippen LogP contribution in [-0.4, -0.2) is 55.9 Å². The van der Waals surface area contributed by atoms with E-state index in [4.69, 9.17) is 4.74 Å². The van der Waals surface area contributed by atoms with Crippen LogP contribution in [-0.2, 0) is 24.1 Å². The zero-order chi connectivity index (χ0) is 23.0. The van der Waals surface area contributed by atoms with Crippen LogP contribution >= 0.6 is 0 Å². The summed E-state index contributed by atoms with van der Waals surface area (Å²) in [6, 6.07) is 1.91. The van der Waals surface area contributed by atoms with Gasteiger partial charge < -0.3 is 9.72 Å². The number of ether oxygens (including phenoxy) is 1. The van der Waals surface area contributed by atoms with Gasteiger partial charge in [-0.15, -0.1) is 0 Å². The van der Waals surface area contributed by atoms with Crippen LogP contribution in [0.5, 0.6) is 0 Å². The number of alkyl halides is 3. The number of hydrogen-bond acceptors (Lipinski definition) is 7. The Morgan fingerprint density at radius 1 is 1.18 bits per heavy atom. The van der Waals surface area contributed by atoms with E-state index in [1.807, 2.05) is 24.3 Å². The van der Waals surface area contributed by atoms with E-state index < -0.39 is 12.0 Å². The second-order valence-corrected chi connectivity index (χ2v) is 7.18. The molecule has 11 nitrogen and oxygen atoms in total. The third-order valence-corrected chi connectivity index (χ3v) is 4.76. The molecular formula is C19H17F3N10O. The molecule has 0 unspecified atom stereocenters. The van der Waals surface area contributed by atoms with Crippen LogP contribution in [0.4, 0.5) is 13.2 Å². The van der Waals surface area contributed by atoms with Gasteiger partial charge in [0.15, 0.2) is 0 Å². The number of aryl methyl sites for hydroxylation is 1. The molecule has 5 rings (SSSR count). The molecule has 33 heavy (non-hydrogen) atoms. The van der Waals surface area contributed by atoms with E-state index in [1.165, 1.54) is 12.5 Å². The first-order valence-corrected chi connectivity index (χ1v) is 9.82. The lowest BCUT2D eigenvalue weighted by Crippen LogP contribution is -2.07. The minimum Gasteiger partial charge on any atom is -0.375 e. The van der Waals surface area contributed by atoms with E-state index in [0.29, 0.717) is 24.5 Å². The van der Waals surface area contributed by atoms with Gasteiger partial charge >= 0.3 is 6.18 Å². The SMILES string of the molecule is Cc1ccn(CCOCc2cnc3nc(-c4n[nH]c(C(F)(F)F)n4)c(-c4cnc[nH]4)n3c2)n1. The Bertz CT molecular complexity index is 1380. The largest absolute Gasteiger partial charge is 0.451 e. The van der Waals surface area contributed by atoms with Crippen molar-refractivity contribution in [3.63, 3.8) is 0 Å². The Morgan fingerprint density at radius 3 is 2.76 bits per heavy atom. The van der Waals surface area contributed by atoms with Gasteiger partial charge in [-0.05, 0) is 13.0 Å². The van der Waals surface area contributed by atoms with Crippen molar-refractivity contribution in [2.24, 2.45) is 0 Å². The summed E-state index contributed by atoms with van der Waals surface area (Å²) < 4.78 is 48.2. The lowest BCUT2D eigenvalue weighted by molar-refractivity contribution is -0.144. The van der Waals surface area contributed by atoms with Crippen molar-refractivity contribution in [2.45, 2.75) is 26.3 Å². The maximum Gasteiger partial charge on any atom is 0.451 e. The molecule has 0 aliphatic carbocycles. The number of aromatic amines is 2. The van der Waals surface area contributed by atoms with Crippen LogP contribution in [0.1, 0.15) is 17.1 Å². The summed E-state index contributed by atoms with van der Waals surface area (Å²) >= 11 is 0. The van der Waals surface area contributed by atoms with Gasteiger partial charge in [0.2, 0.25) is 17.4 Å². The maximum absolute atomic E-state index is 13.0. The average molecular weight is 458 g/mol. The molecule has 5 aromatic heterocycles. The van der Waals surface area contributed by atoms with Gasteiger partial charge in [-0.25, -0.2) is 19.9 Å². The Balaban J connectivity index is 1.44.